The Labute approximate surface area is 123 Å². The third kappa shape index (κ3) is 3.63. The van der Waals surface area contributed by atoms with E-state index < -0.39 is 30.1 Å². The van der Waals surface area contributed by atoms with Crippen molar-refractivity contribution in [2.24, 2.45) is 0 Å². The van der Waals surface area contributed by atoms with Crippen LogP contribution < -0.4 is 5.32 Å². The number of anilines is 1. The van der Waals surface area contributed by atoms with Gasteiger partial charge < -0.3 is 5.32 Å². The highest BCUT2D eigenvalue weighted by Gasteiger charge is 2.34. The number of benzene rings is 1. The fraction of sp³-hybridized carbons (Fsp3) is 0.286. The van der Waals surface area contributed by atoms with E-state index in [9.17, 15) is 22.4 Å². The van der Waals surface area contributed by atoms with Gasteiger partial charge in [-0.2, -0.15) is 18.3 Å². The van der Waals surface area contributed by atoms with Gasteiger partial charge in [0, 0.05) is 11.4 Å². The van der Waals surface area contributed by atoms with E-state index in [2.05, 4.69) is 10.4 Å². The number of hydrogen-bond acceptors (Lipinski definition) is 2. The number of aromatic nitrogens is 2. The van der Waals surface area contributed by atoms with Crippen LogP contribution in [0.2, 0.25) is 0 Å². The zero-order valence-corrected chi connectivity index (χ0v) is 11.8. The number of rotatable bonds is 3. The number of hydrogen-bond donors (Lipinski definition) is 1. The van der Waals surface area contributed by atoms with E-state index in [0.717, 1.165) is 16.8 Å². The number of alkyl halides is 3. The predicted molar refractivity (Wildman–Crippen MR) is 71.7 cm³/mol. The molecule has 0 saturated carbocycles. The maximum atomic E-state index is 13.1. The average Bonchev–Trinajstić information content (AvgIpc) is 2.75. The maximum absolute atomic E-state index is 13.1. The third-order valence-electron chi connectivity index (χ3n) is 3.04. The lowest BCUT2D eigenvalue weighted by Gasteiger charge is -2.09. The van der Waals surface area contributed by atoms with Crippen LogP contribution in [-0.4, -0.2) is 15.7 Å². The summed E-state index contributed by atoms with van der Waals surface area (Å²) in [5.41, 5.74) is 0.0620. The van der Waals surface area contributed by atoms with Gasteiger partial charge in [-0.25, -0.2) is 4.39 Å². The molecule has 1 heterocycles. The first-order chi connectivity index (χ1) is 10.2. The molecule has 22 heavy (non-hydrogen) atoms. The Bertz CT molecular complexity index is 707. The van der Waals surface area contributed by atoms with Gasteiger partial charge in [0.15, 0.2) is 5.69 Å². The summed E-state index contributed by atoms with van der Waals surface area (Å²) in [7, 11) is 0. The highest BCUT2D eigenvalue weighted by Crippen LogP contribution is 2.28. The van der Waals surface area contributed by atoms with Gasteiger partial charge in [0.05, 0.1) is 0 Å². The van der Waals surface area contributed by atoms with Crippen LogP contribution in [0.1, 0.15) is 17.0 Å². The van der Waals surface area contributed by atoms with E-state index in [0.29, 0.717) is 5.56 Å². The normalized spacial score (nSPS) is 11.5. The van der Waals surface area contributed by atoms with Crippen molar-refractivity contribution in [3.8, 4) is 0 Å². The molecule has 8 heteroatoms. The summed E-state index contributed by atoms with van der Waals surface area (Å²) in [5, 5.41) is 5.81. The summed E-state index contributed by atoms with van der Waals surface area (Å²) in [4.78, 5) is 11.9. The monoisotopic (exact) mass is 315 g/mol. The van der Waals surface area contributed by atoms with E-state index in [1.807, 2.05) is 0 Å². The smallest absolute Gasteiger partial charge is 0.324 e. The highest BCUT2D eigenvalue weighted by molar-refractivity contribution is 5.91. The molecule has 0 radical (unpaired) electrons. The molecule has 0 bridgehead atoms. The molecule has 1 aromatic carbocycles. The average molecular weight is 315 g/mol. The zero-order chi connectivity index (χ0) is 16.5. The second-order valence-electron chi connectivity index (χ2n) is 4.83. The van der Waals surface area contributed by atoms with Gasteiger partial charge in [0.25, 0.3) is 0 Å². The molecule has 0 aliphatic heterocycles. The molecule has 4 nitrogen and oxygen atoms in total. The molecular formula is C14H13F4N3O. The van der Waals surface area contributed by atoms with Crippen LogP contribution in [0.5, 0.6) is 0 Å². The predicted octanol–water partition coefficient (Wildman–Crippen LogP) is 3.30. The van der Waals surface area contributed by atoms with Crippen LogP contribution >= 0.6 is 0 Å². The van der Waals surface area contributed by atoms with Crippen molar-refractivity contribution in [2.75, 3.05) is 5.32 Å². The number of halogens is 4. The minimum absolute atomic E-state index is 0.207. The Morgan fingerprint density at radius 3 is 2.55 bits per heavy atom. The molecule has 0 aliphatic rings. The van der Waals surface area contributed by atoms with Crippen molar-refractivity contribution in [2.45, 2.75) is 26.6 Å². The van der Waals surface area contributed by atoms with Crippen molar-refractivity contribution in [1.82, 2.24) is 9.78 Å². The quantitative estimate of drug-likeness (QED) is 0.884. The summed E-state index contributed by atoms with van der Waals surface area (Å²) in [6, 6.07) is 4.75. The summed E-state index contributed by atoms with van der Waals surface area (Å²) in [6.45, 7) is 2.71. The van der Waals surface area contributed by atoms with Crippen LogP contribution in [0.15, 0.2) is 24.3 Å². The molecule has 0 fully saturated rings. The van der Waals surface area contributed by atoms with E-state index in [-0.39, 0.29) is 11.4 Å². The van der Waals surface area contributed by atoms with Gasteiger partial charge in [0.1, 0.15) is 12.4 Å². The van der Waals surface area contributed by atoms with Gasteiger partial charge in [-0.15, -0.1) is 0 Å². The summed E-state index contributed by atoms with van der Waals surface area (Å²) in [6.07, 6.45) is -4.56. The Morgan fingerprint density at radius 2 is 1.95 bits per heavy atom. The van der Waals surface area contributed by atoms with Gasteiger partial charge in [-0.3, -0.25) is 9.48 Å². The fourth-order valence-electron chi connectivity index (χ4n) is 1.86. The van der Waals surface area contributed by atoms with E-state index >= 15 is 0 Å². The van der Waals surface area contributed by atoms with Crippen LogP contribution in [0, 0.1) is 19.7 Å². The molecule has 1 aromatic heterocycles. The minimum atomic E-state index is -4.56. The van der Waals surface area contributed by atoms with Crippen LogP contribution in [0.3, 0.4) is 0 Å². The number of aryl methyl sites for hydroxylation is 2. The van der Waals surface area contributed by atoms with Crippen molar-refractivity contribution in [1.29, 1.82) is 0 Å². The Hall–Kier alpha value is -2.38. The van der Waals surface area contributed by atoms with E-state index in [1.165, 1.54) is 19.1 Å². The number of carbonyl (C=O) groups is 1. The molecule has 0 unspecified atom stereocenters. The van der Waals surface area contributed by atoms with Crippen molar-refractivity contribution >= 4 is 11.6 Å². The van der Waals surface area contributed by atoms with Crippen molar-refractivity contribution < 1.29 is 22.4 Å². The van der Waals surface area contributed by atoms with Gasteiger partial charge in [-0.1, -0.05) is 6.07 Å². The minimum Gasteiger partial charge on any atom is -0.324 e. The molecule has 2 aromatic rings. The number of nitrogens with one attached hydrogen (secondary N) is 1. The molecule has 2 rings (SSSR count). The van der Waals surface area contributed by atoms with E-state index in [4.69, 9.17) is 0 Å². The zero-order valence-electron chi connectivity index (χ0n) is 11.8. The number of amides is 1. The number of carbonyl (C=O) groups excluding carboxylic acids is 1. The first-order valence-corrected chi connectivity index (χ1v) is 6.34. The molecule has 0 spiro atoms. The fourth-order valence-corrected chi connectivity index (χ4v) is 1.86. The molecule has 1 amide bonds. The largest absolute Gasteiger partial charge is 0.435 e. The molecular weight excluding hydrogens is 302 g/mol. The summed E-state index contributed by atoms with van der Waals surface area (Å²) in [5.74, 6) is -1.11. The number of nitrogens with zero attached hydrogens (tertiary/aromatic N) is 2. The molecule has 1 N–H and O–H groups in total. The SMILES string of the molecule is Cc1ccc(F)cc1NC(=O)Cn1nc(C(F)(F)F)cc1C. The topological polar surface area (TPSA) is 46.9 Å². The molecule has 118 valence electrons. The molecule has 0 saturated heterocycles. The van der Waals surface area contributed by atoms with Crippen LogP contribution in [0.4, 0.5) is 23.2 Å². The second kappa shape index (κ2) is 5.78. The lowest BCUT2D eigenvalue weighted by Crippen LogP contribution is -2.21. The summed E-state index contributed by atoms with van der Waals surface area (Å²) >= 11 is 0. The Kier molecular flexibility index (Phi) is 4.20. The highest BCUT2D eigenvalue weighted by atomic mass is 19.4. The van der Waals surface area contributed by atoms with Gasteiger partial charge >= 0.3 is 6.18 Å². The Morgan fingerprint density at radius 1 is 1.27 bits per heavy atom. The lowest BCUT2D eigenvalue weighted by atomic mass is 10.2. The van der Waals surface area contributed by atoms with E-state index in [1.54, 1.807) is 6.92 Å². The maximum Gasteiger partial charge on any atom is 0.435 e. The Balaban J connectivity index is 2.13. The lowest BCUT2D eigenvalue weighted by molar-refractivity contribution is -0.141. The second-order valence-corrected chi connectivity index (χ2v) is 4.83. The van der Waals surface area contributed by atoms with Crippen molar-refractivity contribution in [3.63, 3.8) is 0 Å². The first-order valence-electron chi connectivity index (χ1n) is 6.34. The first kappa shape index (κ1) is 16.0. The molecule has 0 aliphatic carbocycles. The third-order valence-corrected chi connectivity index (χ3v) is 3.04. The van der Waals surface area contributed by atoms with Crippen LogP contribution in [-0.2, 0) is 17.5 Å². The van der Waals surface area contributed by atoms with Gasteiger partial charge in [-0.05, 0) is 37.6 Å². The van der Waals surface area contributed by atoms with Gasteiger partial charge in [0.2, 0.25) is 5.91 Å². The summed E-state index contributed by atoms with van der Waals surface area (Å²) < 4.78 is 51.7. The standard InChI is InChI=1S/C14H13F4N3O/c1-8-3-4-10(15)6-11(8)19-13(22)7-21-9(2)5-12(20-21)14(16,17)18/h3-6H,7H2,1-2H3,(H,19,22). The van der Waals surface area contributed by atoms with Crippen molar-refractivity contribution in [3.05, 3.63) is 47.0 Å². The van der Waals surface area contributed by atoms with Crippen LogP contribution in [0.25, 0.3) is 0 Å². The molecule has 0 atom stereocenters.